The predicted molar refractivity (Wildman–Crippen MR) is 134 cm³/mol. The number of para-hydroxylation sites is 1. The van der Waals surface area contributed by atoms with Crippen LogP contribution in [0.4, 0.5) is 0 Å². The van der Waals surface area contributed by atoms with Crippen LogP contribution in [0.2, 0.25) is 0 Å². The van der Waals surface area contributed by atoms with Gasteiger partial charge in [0.15, 0.2) is 0 Å². The number of phenolic OH excluding ortho intramolecular Hbond substituents is 1. The number of ether oxygens (including phenoxy) is 1. The molecule has 3 N–H and O–H groups in total. The van der Waals surface area contributed by atoms with Crippen LogP contribution in [0.3, 0.4) is 0 Å². The predicted octanol–water partition coefficient (Wildman–Crippen LogP) is 3.41. The average Bonchev–Trinajstić information content (AvgIpc) is 3.28. The number of aromatic hydroxyl groups is 1. The van der Waals surface area contributed by atoms with Crippen molar-refractivity contribution in [3.8, 4) is 11.5 Å². The van der Waals surface area contributed by atoms with Gasteiger partial charge >= 0.3 is 0 Å². The molecule has 0 atom stereocenters. The van der Waals surface area contributed by atoms with Crippen molar-refractivity contribution >= 4 is 26.8 Å². The minimum Gasteiger partial charge on any atom is -0.506 e. The summed E-state index contributed by atoms with van der Waals surface area (Å²) in [5.74, 6) is -0.233. The van der Waals surface area contributed by atoms with Crippen LogP contribution in [0.5, 0.6) is 11.5 Å². The van der Waals surface area contributed by atoms with Gasteiger partial charge < -0.3 is 19.7 Å². The number of hydrogen-bond acceptors (Lipinski definition) is 5. The van der Waals surface area contributed by atoms with Gasteiger partial charge in [-0.2, -0.15) is 0 Å². The number of rotatable bonds is 11. The number of carbonyl (C=O) groups is 1. The van der Waals surface area contributed by atoms with Gasteiger partial charge in [0.2, 0.25) is 15.9 Å². The molecule has 9 heteroatoms. The summed E-state index contributed by atoms with van der Waals surface area (Å²) in [4.78, 5) is 11.9. The molecule has 0 unspecified atom stereocenters. The van der Waals surface area contributed by atoms with Crippen LogP contribution in [-0.4, -0.2) is 37.1 Å². The van der Waals surface area contributed by atoms with Crippen molar-refractivity contribution < 1.29 is 23.1 Å². The molecule has 0 aliphatic carbocycles. The van der Waals surface area contributed by atoms with Crippen LogP contribution in [-0.2, 0) is 28.0 Å². The average molecular weight is 494 g/mol. The third-order valence-corrected chi connectivity index (χ3v) is 6.98. The van der Waals surface area contributed by atoms with Crippen molar-refractivity contribution in [2.45, 2.75) is 24.5 Å². The Bertz CT molecular complexity index is 1400. The highest BCUT2D eigenvalue weighted by atomic mass is 32.2. The Morgan fingerprint density at radius 3 is 2.51 bits per heavy atom. The standard InChI is InChI=1S/C26H27N3O5S/c30-24-18-22(34-19-20-6-2-1-3-7-20)10-11-25(24)35(32,33)28-15-14-27-26(31)13-17-29-16-12-21-8-4-5-9-23(21)29/h1-12,16,18,28,30H,13-15,17,19H2,(H,27,31). The Kier molecular flexibility index (Phi) is 7.69. The molecule has 4 rings (SSSR count). The van der Waals surface area contributed by atoms with Gasteiger partial charge in [0.1, 0.15) is 23.0 Å². The van der Waals surface area contributed by atoms with Crippen molar-refractivity contribution in [3.63, 3.8) is 0 Å². The summed E-state index contributed by atoms with van der Waals surface area (Å²) >= 11 is 0. The fourth-order valence-electron chi connectivity index (χ4n) is 3.67. The highest BCUT2D eigenvalue weighted by Gasteiger charge is 2.19. The van der Waals surface area contributed by atoms with Crippen molar-refractivity contribution in [1.29, 1.82) is 0 Å². The van der Waals surface area contributed by atoms with Gasteiger partial charge in [0.05, 0.1) is 0 Å². The number of hydrogen-bond donors (Lipinski definition) is 3. The fourth-order valence-corrected chi connectivity index (χ4v) is 4.77. The van der Waals surface area contributed by atoms with Crippen molar-refractivity contribution in [2.75, 3.05) is 13.1 Å². The minimum atomic E-state index is -3.96. The maximum Gasteiger partial charge on any atom is 0.244 e. The van der Waals surface area contributed by atoms with E-state index in [1.54, 1.807) is 0 Å². The molecule has 1 amide bonds. The number of nitrogens with one attached hydrogen (secondary N) is 2. The van der Waals surface area contributed by atoms with Gasteiger partial charge in [0.25, 0.3) is 0 Å². The smallest absolute Gasteiger partial charge is 0.244 e. The van der Waals surface area contributed by atoms with Crippen LogP contribution in [0.25, 0.3) is 10.9 Å². The van der Waals surface area contributed by atoms with Gasteiger partial charge in [-0.15, -0.1) is 0 Å². The van der Waals surface area contributed by atoms with E-state index in [2.05, 4.69) is 10.0 Å². The zero-order valence-corrected chi connectivity index (χ0v) is 19.9. The van der Waals surface area contributed by atoms with E-state index >= 15 is 0 Å². The van der Waals surface area contributed by atoms with Crippen LogP contribution in [0.15, 0.2) is 90.0 Å². The molecule has 35 heavy (non-hydrogen) atoms. The van der Waals surface area contributed by atoms with E-state index in [-0.39, 0.29) is 30.3 Å². The molecular formula is C26H27N3O5S. The third kappa shape index (κ3) is 6.40. The summed E-state index contributed by atoms with van der Waals surface area (Å²) in [5.41, 5.74) is 2.01. The molecule has 0 aliphatic heterocycles. The summed E-state index contributed by atoms with van der Waals surface area (Å²) in [5, 5.41) is 14.1. The number of carbonyl (C=O) groups excluding carboxylic acids is 1. The molecule has 0 saturated heterocycles. The number of fused-ring (bicyclic) bond motifs is 1. The first kappa shape index (κ1) is 24.3. The second-order valence-corrected chi connectivity index (χ2v) is 9.70. The number of phenols is 1. The molecule has 0 aliphatic rings. The maximum atomic E-state index is 12.6. The normalized spacial score (nSPS) is 11.4. The Hall–Kier alpha value is -3.82. The number of nitrogens with zero attached hydrogens (tertiary/aromatic N) is 1. The lowest BCUT2D eigenvalue weighted by molar-refractivity contribution is -0.121. The molecule has 182 valence electrons. The molecule has 0 spiro atoms. The molecular weight excluding hydrogens is 466 g/mol. The molecule has 0 bridgehead atoms. The summed E-state index contributed by atoms with van der Waals surface area (Å²) in [6.45, 7) is 0.943. The van der Waals surface area contributed by atoms with E-state index in [0.717, 1.165) is 16.5 Å². The van der Waals surface area contributed by atoms with Gasteiger partial charge in [0, 0.05) is 43.8 Å². The Morgan fingerprint density at radius 2 is 1.71 bits per heavy atom. The maximum absolute atomic E-state index is 12.6. The summed E-state index contributed by atoms with van der Waals surface area (Å²) < 4.78 is 35.1. The monoisotopic (exact) mass is 493 g/mol. The van der Waals surface area contributed by atoms with Crippen molar-refractivity contribution in [1.82, 2.24) is 14.6 Å². The van der Waals surface area contributed by atoms with Crippen LogP contribution >= 0.6 is 0 Å². The molecule has 8 nitrogen and oxygen atoms in total. The van der Waals surface area contributed by atoms with Crippen molar-refractivity contribution in [2.24, 2.45) is 0 Å². The Balaban J connectivity index is 1.22. The molecule has 3 aromatic carbocycles. The number of aryl methyl sites for hydroxylation is 1. The first-order chi connectivity index (χ1) is 16.9. The zero-order chi connectivity index (χ0) is 24.7. The van der Waals surface area contributed by atoms with Gasteiger partial charge in [-0.05, 0) is 35.2 Å². The lowest BCUT2D eigenvalue weighted by Crippen LogP contribution is -2.35. The lowest BCUT2D eigenvalue weighted by atomic mass is 10.2. The molecule has 0 radical (unpaired) electrons. The summed E-state index contributed by atoms with van der Waals surface area (Å²) in [6.07, 6.45) is 2.22. The molecule has 1 aromatic heterocycles. The van der Waals surface area contributed by atoms with E-state index in [1.807, 2.05) is 71.4 Å². The minimum absolute atomic E-state index is 0.00772. The first-order valence-electron chi connectivity index (χ1n) is 11.2. The number of benzene rings is 3. The highest BCUT2D eigenvalue weighted by molar-refractivity contribution is 7.89. The third-order valence-electron chi connectivity index (χ3n) is 5.47. The quantitative estimate of drug-likeness (QED) is 0.278. The van der Waals surface area contributed by atoms with Crippen LogP contribution < -0.4 is 14.8 Å². The Morgan fingerprint density at radius 1 is 0.943 bits per heavy atom. The summed E-state index contributed by atoms with van der Waals surface area (Å²) in [7, 11) is -3.96. The second-order valence-electron chi connectivity index (χ2n) is 7.97. The second kappa shape index (κ2) is 11.1. The molecule has 4 aromatic rings. The van der Waals surface area contributed by atoms with Gasteiger partial charge in [-0.25, -0.2) is 13.1 Å². The largest absolute Gasteiger partial charge is 0.506 e. The SMILES string of the molecule is O=C(CCn1ccc2ccccc21)NCCNS(=O)(=O)c1ccc(OCc2ccccc2)cc1O. The van der Waals surface area contributed by atoms with E-state index in [0.29, 0.717) is 18.9 Å². The topological polar surface area (TPSA) is 110 Å². The van der Waals surface area contributed by atoms with Crippen LogP contribution in [0.1, 0.15) is 12.0 Å². The summed E-state index contributed by atoms with van der Waals surface area (Å²) in [6, 6.07) is 23.5. The Labute approximate surface area is 204 Å². The van der Waals surface area contributed by atoms with Gasteiger partial charge in [-0.3, -0.25) is 4.79 Å². The van der Waals surface area contributed by atoms with E-state index < -0.39 is 15.8 Å². The zero-order valence-electron chi connectivity index (χ0n) is 19.1. The van der Waals surface area contributed by atoms with Crippen LogP contribution in [0, 0.1) is 0 Å². The number of amides is 1. The first-order valence-corrected chi connectivity index (χ1v) is 12.7. The number of aromatic nitrogens is 1. The molecule has 0 fully saturated rings. The highest BCUT2D eigenvalue weighted by Crippen LogP contribution is 2.27. The number of sulfonamides is 1. The molecule has 1 heterocycles. The van der Waals surface area contributed by atoms with Gasteiger partial charge in [-0.1, -0.05) is 48.5 Å². The van der Waals surface area contributed by atoms with E-state index in [9.17, 15) is 18.3 Å². The van der Waals surface area contributed by atoms with E-state index in [1.165, 1.54) is 18.2 Å². The fraction of sp³-hybridized carbons (Fsp3) is 0.192. The van der Waals surface area contributed by atoms with E-state index in [4.69, 9.17) is 4.74 Å². The molecule has 0 saturated carbocycles. The van der Waals surface area contributed by atoms with Crippen molar-refractivity contribution in [3.05, 3.63) is 90.6 Å². The lowest BCUT2D eigenvalue weighted by Gasteiger charge is -2.11.